The molecule has 31 heavy (non-hydrogen) atoms. The van der Waals surface area contributed by atoms with Crippen LogP contribution in [0.2, 0.25) is 5.02 Å². The van der Waals surface area contributed by atoms with Crippen molar-refractivity contribution < 1.29 is 13.2 Å². The minimum atomic E-state index is -2.94. The van der Waals surface area contributed by atoms with Gasteiger partial charge < -0.3 is 4.74 Å². The van der Waals surface area contributed by atoms with Crippen LogP contribution in [0.25, 0.3) is 11.0 Å². The minimum Gasteiger partial charge on any atom is -0.437 e. The van der Waals surface area contributed by atoms with E-state index in [1.165, 1.54) is 12.8 Å². The molecule has 0 bridgehead atoms. The number of hydrogen-bond donors (Lipinski definition) is 0. The number of pyridine rings is 1. The van der Waals surface area contributed by atoms with Crippen molar-refractivity contribution in [2.75, 3.05) is 24.6 Å². The molecular formula is C20H21BrClN5O3S. The summed E-state index contributed by atoms with van der Waals surface area (Å²) in [6, 6.07) is 5.65. The van der Waals surface area contributed by atoms with Crippen LogP contribution in [0.4, 0.5) is 0 Å². The largest absolute Gasteiger partial charge is 0.437 e. The third kappa shape index (κ3) is 4.72. The molecule has 2 aromatic heterocycles. The van der Waals surface area contributed by atoms with Crippen LogP contribution in [0.15, 0.2) is 28.9 Å². The molecule has 3 aromatic rings. The van der Waals surface area contributed by atoms with Crippen LogP contribution in [-0.2, 0) is 22.9 Å². The number of fused-ring (bicyclic) bond motifs is 1. The van der Waals surface area contributed by atoms with Gasteiger partial charge in [-0.2, -0.15) is 0 Å². The first-order valence-corrected chi connectivity index (χ1v) is 13.1. The van der Waals surface area contributed by atoms with Crippen molar-refractivity contribution >= 4 is 48.4 Å². The van der Waals surface area contributed by atoms with E-state index in [4.69, 9.17) is 16.3 Å². The van der Waals surface area contributed by atoms with Crippen molar-refractivity contribution in [2.24, 2.45) is 5.92 Å². The molecule has 0 spiro atoms. The third-order valence-corrected chi connectivity index (χ3v) is 8.23. The van der Waals surface area contributed by atoms with E-state index in [1.54, 1.807) is 6.20 Å². The fraction of sp³-hybridized carbons (Fsp3) is 0.450. The summed E-state index contributed by atoms with van der Waals surface area (Å²) in [5.41, 5.74) is 2.51. The Labute approximate surface area is 193 Å². The summed E-state index contributed by atoms with van der Waals surface area (Å²) in [5, 5.41) is 9.12. The second-order valence-corrected chi connectivity index (χ2v) is 11.6. The molecule has 8 nitrogen and oxygen atoms in total. The van der Waals surface area contributed by atoms with Gasteiger partial charge in [0.25, 0.3) is 0 Å². The lowest BCUT2D eigenvalue weighted by atomic mass is 10.2. The fourth-order valence-electron chi connectivity index (χ4n) is 3.67. The van der Waals surface area contributed by atoms with Gasteiger partial charge in [-0.05, 0) is 52.9 Å². The Morgan fingerprint density at radius 3 is 2.74 bits per heavy atom. The highest BCUT2D eigenvalue weighted by Gasteiger charge is 2.25. The zero-order chi connectivity index (χ0) is 21.6. The van der Waals surface area contributed by atoms with E-state index in [1.807, 2.05) is 22.9 Å². The number of hydrogen-bond acceptors (Lipinski definition) is 7. The Morgan fingerprint density at radius 1 is 1.23 bits per heavy atom. The second kappa shape index (κ2) is 8.31. The first kappa shape index (κ1) is 21.1. The average molecular weight is 527 g/mol. The number of aromatic nitrogens is 4. The van der Waals surface area contributed by atoms with E-state index in [2.05, 4.69) is 36.1 Å². The smallest absolute Gasteiger partial charge is 0.223 e. The van der Waals surface area contributed by atoms with Gasteiger partial charge in [-0.15, -0.1) is 5.10 Å². The highest BCUT2D eigenvalue weighted by molar-refractivity contribution is 9.10. The van der Waals surface area contributed by atoms with Gasteiger partial charge in [0.05, 0.1) is 26.5 Å². The summed E-state index contributed by atoms with van der Waals surface area (Å²) in [6.45, 7) is 2.36. The molecule has 11 heteroatoms. The van der Waals surface area contributed by atoms with Crippen molar-refractivity contribution in [3.8, 4) is 11.6 Å². The number of halogens is 2. The molecule has 164 valence electrons. The predicted octanol–water partition coefficient (Wildman–Crippen LogP) is 3.67. The molecule has 0 atom stereocenters. The monoisotopic (exact) mass is 525 g/mol. The van der Waals surface area contributed by atoms with E-state index in [0.29, 0.717) is 42.2 Å². The molecule has 1 aliphatic heterocycles. The van der Waals surface area contributed by atoms with E-state index in [0.717, 1.165) is 27.6 Å². The fourth-order valence-corrected chi connectivity index (χ4v) is 5.62. The van der Waals surface area contributed by atoms with Gasteiger partial charge in [0.1, 0.15) is 11.3 Å². The van der Waals surface area contributed by atoms with E-state index >= 15 is 0 Å². The first-order valence-electron chi connectivity index (χ1n) is 10.1. The molecule has 2 aliphatic rings. The molecule has 0 radical (unpaired) electrons. The molecule has 0 N–H and O–H groups in total. The molecule has 1 aliphatic carbocycles. The van der Waals surface area contributed by atoms with E-state index < -0.39 is 9.84 Å². The van der Waals surface area contributed by atoms with Crippen LogP contribution >= 0.6 is 27.5 Å². The zero-order valence-corrected chi connectivity index (χ0v) is 19.8. The van der Waals surface area contributed by atoms with Gasteiger partial charge in [0, 0.05) is 37.9 Å². The van der Waals surface area contributed by atoms with Gasteiger partial charge in [-0.1, -0.05) is 16.8 Å². The highest BCUT2D eigenvalue weighted by atomic mass is 79.9. The Kier molecular flexibility index (Phi) is 5.66. The molecule has 0 amide bonds. The summed E-state index contributed by atoms with van der Waals surface area (Å²) < 4.78 is 32.2. The van der Waals surface area contributed by atoms with Crippen LogP contribution in [0.3, 0.4) is 0 Å². The van der Waals surface area contributed by atoms with Gasteiger partial charge in [0.2, 0.25) is 5.88 Å². The topological polar surface area (TPSA) is 90.2 Å². The number of nitrogens with zero attached hydrogens (tertiary/aromatic N) is 5. The van der Waals surface area contributed by atoms with Crippen LogP contribution in [0.1, 0.15) is 18.4 Å². The van der Waals surface area contributed by atoms with Gasteiger partial charge in [0.15, 0.2) is 9.84 Å². The number of benzene rings is 1. The van der Waals surface area contributed by atoms with Gasteiger partial charge >= 0.3 is 0 Å². The quantitative estimate of drug-likeness (QED) is 0.484. The first-order chi connectivity index (χ1) is 14.9. The normalized spacial score (nSPS) is 19.0. The molecule has 2 fully saturated rings. The van der Waals surface area contributed by atoms with Crippen LogP contribution in [0, 0.1) is 5.92 Å². The molecule has 5 rings (SSSR count). The Bertz CT molecular complexity index is 1230. The summed E-state index contributed by atoms with van der Waals surface area (Å²) in [5.74, 6) is 2.04. The minimum absolute atomic E-state index is 0.163. The molecular weight excluding hydrogens is 506 g/mol. The second-order valence-electron chi connectivity index (χ2n) is 8.11. The standard InChI is InChI=1S/C20H21BrClN5O3S/c21-18-17(4-3-16-19(18)24-25-27(16)11-13-1-2-13)30-20-14(9-15(22)10-23-20)12-26-5-7-31(28,29)8-6-26/h3-4,9-10,13H,1-2,5-8,11-12H2. The van der Waals surface area contributed by atoms with E-state index in [-0.39, 0.29) is 11.5 Å². The Hall–Kier alpha value is -1.75. The maximum absolute atomic E-state index is 11.7. The van der Waals surface area contributed by atoms with Crippen LogP contribution < -0.4 is 4.74 Å². The maximum atomic E-state index is 11.7. The Balaban J connectivity index is 1.39. The summed E-state index contributed by atoms with van der Waals surface area (Å²) >= 11 is 9.79. The lowest BCUT2D eigenvalue weighted by molar-refractivity contribution is 0.282. The number of rotatable bonds is 6. The molecule has 1 saturated heterocycles. The molecule has 0 unspecified atom stereocenters. The maximum Gasteiger partial charge on any atom is 0.223 e. The molecule has 1 aromatic carbocycles. The third-order valence-electron chi connectivity index (χ3n) is 5.65. The van der Waals surface area contributed by atoms with Crippen molar-refractivity contribution in [3.05, 3.63) is 39.5 Å². The summed E-state index contributed by atoms with van der Waals surface area (Å²) in [4.78, 5) is 6.45. The number of ether oxygens (including phenoxy) is 1. The summed E-state index contributed by atoms with van der Waals surface area (Å²) in [7, 11) is -2.94. The van der Waals surface area contributed by atoms with Crippen LogP contribution in [0.5, 0.6) is 11.6 Å². The van der Waals surface area contributed by atoms with E-state index in [9.17, 15) is 8.42 Å². The highest BCUT2D eigenvalue weighted by Crippen LogP contribution is 2.37. The predicted molar refractivity (Wildman–Crippen MR) is 121 cm³/mol. The molecule has 1 saturated carbocycles. The average Bonchev–Trinajstić information content (AvgIpc) is 3.46. The zero-order valence-electron chi connectivity index (χ0n) is 16.7. The van der Waals surface area contributed by atoms with Gasteiger partial charge in [-0.25, -0.2) is 18.1 Å². The van der Waals surface area contributed by atoms with Crippen molar-refractivity contribution in [3.63, 3.8) is 0 Å². The van der Waals surface area contributed by atoms with Crippen molar-refractivity contribution in [1.82, 2.24) is 24.9 Å². The van der Waals surface area contributed by atoms with Crippen molar-refractivity contribution in [2.45, 2.75) is 25.9 Å². The lowest BCUT2D eigenvalue weighted by Crippen LogP contribution is -2.39. The van der Waals surface area contributed by atoms with Crippen LogP contribution in [-0.4, -0.2) is 57.9 Å². The molecule has 3 heterocycles. The summed E-state index contributed by atoms with van der Waals surface area (Å²) in [6.07, 6.45) is 4.04. The lowest BCUT2D eigenvalue weighted by Gasteiger charge is -2.27. The van der Waals surface area contributed by atoms with Crippen molar-refractivity contribution in [1.29, 1.82) is 0 Å². The SMILES string of the molecule is O=S1(=O)CCN(Cc2cc(Cl)cnc2Oc2ccc3c(nnn3CC3CC3)c2Br)CC1. The Morgan fingerprint density at radius 2 is 2.00 bits per heavy atom. The van der Waals surface area contributed by atoms with Gasteiger partial charge in [-0.3, -0.25) is 4.90 Å². The number of sulfone groups is 1.